The lowest BCUT2D eigenvalue weighted by atomic mass is 10.00. The number of carbonyl (C=O) groups excluding carboxylic acids is 1. The maximum atomic E-state index is 13.2. The van der Waals surface area contributed by atoms with Crippen LogP contribution in [0.4, 0.5) is 0 Å². The van der Waals surface area contributed by atoms with Crippen LogP contribution in [0.25, 0.3) is 33.3 Å². The molecule has 7 rings (SSSR count). The van der Waals surface area contributed by atoms with Crippen LogP contribution in [0, 0.1) is 6.92 Å². The molecule has 0 bridgehead atoms. The standard InChI is InChI=1S/C25H22N4O6.C16H14N2O3S/c1-28-21-13-26-20(22(30)27-12-15-5-9-18(35-2)10-6-15)11-19(21)23(31)29(25(28)34)14-16-3-7-17(8-4-16)24(32)33;1-11-15(12-7-9-14(10-8-12)22(17,19)20)16(18-21-11)13-5-3-2-4-6-13/h3-11,13H,12,14H2,1-2H3,(H,27,30)(H,32,33);2-10H,1H3,(H2,17,19,20). The summed E-state index contributed by atoms with van der Waals surface area (Å²) in [6.07, 6.45) is 1.33. The summed E-state index contributed by atoms with van der Waals surface area (Å²) < 4.78 is 35.4. The Labute approximate surface area is 325 Å². The number of carboxylic acid groups (broad SMARTS) is 1. The van der Waals surface area contributed by atoms with E-state index in [9.17, 15) is 27.6 Å². The van der Waals surface area contributed by atoms with Crippen molar-refractivity contribution >= 4 is 32.8 Å². The van der Waals surface area contributed by atoms with Crippen LogP contribution in [-0.4, -0.2) is 51.8 Å². The number of carbonyl (C=O) groups is 2. The van der Waals surface area contributed by atoms with E-state index in [-0.39, 0.29) is 34.6 Å². The van der Waals surface area contributed by atoms with Crippen molar-refractivity contribution in [1.29, 1.82) is 0 Å². The number of aromatic nitrogens is 4. The molecule has 0 fully saturated rings. The topological polar surface area (TPSA) is 219 Å². The average Bonchev–Trinajstić information content (AvgIpc) is 3.62. The van der Waals surface area contributed by atoms with E-state index >= 15 is 0 Å². The number of nitrogens with zero attached hydrogens (tertiary/aromatic N) is 4. The van der Waals surface area contributed by atoms with Gasteiger partial charge in [-0.15, -0.1) is 0 Å². The Morgan fingerprint density at radius 1 is 0.895 bits per heavy atom. The number of sulfonamides is 1. The van der Waals surface area contributed by atoms with Crippen LogP contribution in [0.3, 0.4) is 0 Å². The molecule has 0 aliphatic heterocycles. The molecule has 0 aliphatic carbocycles. The molecule has 0 saturated heterocycles. The second-order valence-electron chi connectivity index (χ2n) is 12.8. The Morgan fingerprint density at radius 2 is 1.54 bits per heavy atom. The fourth-order valence-corrected chi connectivity index (χ4v) is 6.45. The van der Waals surface area contributed by atoms with Crippen molar-refractivity contribution in [3.8, 4) is 28.1 Å². The SMILES string of the molecule is COc1ccc(CNC(=O)c2cc3c(=O)n(Cc4ccc(C(=O)O)cc4)c(=O)n(C)c3cn2)cc1.Cc1onc(-c2ccccc2)c1-c1ccc(S(N)(=O)=O)cc1. The molecule has 0 aliphatic rings. The van der Waals surface area contributed by atoms with Crippen LogP contribution < -0.4 is 26.4 Å². The highest BCUT2D eigenvalue weighted by atomic mass is 32.2. The lowest BCUT2D eigenvalue weighted by Crippen LogP contribution is -2.39. The maximum Gasteiger partial charge on any atom is 0.335 e. The number of fused-ring (bicyclic) bond motifs is 1. The summed E-state index contributed by atoms with van der Waals surface area (Å²) in [5, 5.41) is 21.2. The number of amides is 1. The van der Waals surface area contributed by atoms with Crippen molar-refractivity contribution in [2.45, 2.75) is 24.9 Å². The van der Waals surface area contributed by atoms with Gasteiger partial charge in [0.15, 0.2) is 0 Å². The van der Waals surface area contributed by atoms with Gasteiger partial charge in [-0.2, -0.15) is 0 Å². The predicted octanol–water partition coefficient (Wildman–Crippen LogP) is 4.74. The first-order valence-corrected chi connectivity index (χ1v) is 18.8. The number of hydrogen-bond donors (Lipinski definition) is 3. The van der Waals surface area contributed by atoms with Gasteiger partial charge in [-0.1, -0.05) is 71.9 Å². The van der Waals surface area contributed by atoms with Gasteiger partial charge < -0.3 is 19.7 Å². The van der Waals surface area contributed by atoms with Gasteiger partial charge >= 0.3 is 11.7 Å². The van der Waals surface area contributed by atoms with Gasteiger partial charge in [0.25, 0.3) is 11.5 Å². The van der Waals surface area contributed by atoms with E-state index in [2.05, 4.69) is 15.5 Å². The van der Waals surface area contributed by atoms with Gasteiger partial charge in [0.05, 0.1) is 46.8 Å². The van der Waals surface area contributed by atoms with E-state index in [1.54, 1.807) is 43.5 Å². The summed E-state index contributed by atoms with van der Waals surface area (Å²) in [6.45, 7) is 2.03. The number of carboxylic acids is 1. The summed E-state index contributed by atoms with van der Waals surface area (Å²) in [7, 11) is -0.616. The molecular formula is C41H36N6O9S. The second kappa shape index (κ2) is 16.7. The molecule has 1 amide bonds. The highest BCUT2D eigenvalue weighted by Gasteiger charge is 2.18. The summed E-state index contributed by atoms with van der Waals surface area (Å²) in [5.74, 6) is -0.161. The first kappa shape index (κ1) is 39.5. The molecule has 3 aromatic heterocycles. The third kappa shape index (κ3) is 8.88. The Bertz CT molecular complexity index is 2820. The van der Waals surface area contributed by atoms with Gasteiger partial charge in [0.2, 0.25) is 10.0 Å². The van der Waals surface area contributed by atoms with Crippen molar-refractivity contribution in [3.05, 3.63) is 164 Å². The van der Waals surface area contributed by atoms with Crippen molar-refractivity contribution in [3.63, 3.8) is 0 Å². The lowest BCUT2D eigenvalue weighted by molar-refractivity contribution is 0.0696. The average molecular weight is 789 g/mol. The smallest absolute Gasteiger partial charge is 0.335 e. The summed E-state index contributed by atoms with van der Waals surface area (Å²) >= 11 is 0. The van der Waals surface area contributed by atoms with E-state index in [0.29, 0.717) is 22.6 Å². The number of aromatic carboxylic acids is 1. The van der Waals surface area contributed by atoms with Crippen molar-refractivity contribution in [1.82, 2.24) is 24.6 Å². The largest absolute Gasteiger partial charge is 0.497 e. The fourth-order valence-electron chi connectivity index (χ4n) is 5.93. The molecule has 4 aromatic carbocycles. The zero-order valence-corrected chi connectivity index (χ0v) is 31.7. The number of rotatable bonds is 10. The maximum absolute atomic E-state index is 13.2. The monoisotopic (exact) mass is 788 g/mol. The highest BCUT2D eigenvalue weighted by Crippen LogP contribution is 2.34. The van der Waals surface area contributed by atoms with Gasteiger partial charge in [-0.25, -0.2) is 28.1 Å². The van der Waals surface area contributed by atoms with Crippen molar-refractivity contribution in [2.24, 2.45) is 12.2 Å². The minimum absolute atomic E-state index is 0.0409. The Balaban J connectivity index is 0.000000214. The second-order valence-corrected chi connectivity index (χ2v) is 14.3. The Morgan fingerprint density at radius 3 is 2.16 bits per heavy atom. The molecule has 290 valence electrons. The molecule has 0 spiro atoms. The quantitative estimate of drug-likeness (QED) is 0.172. The molecule has 0 radical (unpaired) electrons. The van der Waals surface area contributed by atoms with Gasteiger partial charge in [-0.3, -0.25) is 18.7 Å². The van der Waals surface area contributed by atoms with E-state index in [0.717, 1.165) is 32.5 Å². The van der Waals surface area contributed by atoms with Crippen LogP contribution in [-0.2, 0) is 30.2 Å². The first-order valence-electron chi connectivity index (χ1n) is 17.2. The zero-order valence-electron chi connectivity index (χ0n) is 30.9. The summed E-state index contributed by atoms with van der Waals surface area (Å²) in [5.41, 5.74) is 4.08. The molecule has 16 heteroatoms. The van der Waals surface area contributed by atoms with Crippen LogP contribution in [0.5, 0.6) is 5.75 Å². The number of pyridine rings is 1. The molecular weight excluding hydrogens is 753 g/mol. The van der Waals surface area contributed by atoms with Crippen LogP contribution in [0.1, 0.15) is 37.7 Å². The number of benzene rings is 4. The fraction of sp³-hybridized carbons (Fsp3) is 0.122. The number of primary sulfonamides is 1. The summed E-state index contributed by atoms with van der Waals surface area (Å²) in [6, 6.07) is 30.5. The van der Waals surface area contributed by atoms with E-state index in [4.69, 9.17) is 19.5 Å². The lowest BCUT2D eigenvalue weighted by Gasteiger charge is -2.12. The molecule has 3 heterocycles. The first-order chi connectivity index (χ1) is 27.2. The van der Waals surface area contributed by atoms with Crippen LogP contribution >= 0.6 is 0 Å². The third-order valence-corrected chi connectivity index (χ3v) is 9.93. The number of methoxy groups -OCH3 is 1. The Kier molecular flexibility index (Phi) is 11.6. The molecule has 0 saturated carbocycles. The zero-order chi connectivity index (χ0) is 40.9. The van der Waals surface area contributed by atoms with Crippen LogP contribution in [0.2, 0.25) is 0 Å². The molecule has 15 nitrogen and oxygen atoms in total. The van der Waals surface area contributed by atoms with E-state index in [1.807, 2.05) is 49.4 Å². The van der Waals surface area contributed by atoms with Crippen LogP contribution in [0.15, 0.2) is 134 Å². The predicted molar refractivity (Wildman–Crippen MR) is 211 cm³/mol. The van der Waals surface area contributed by atoms with E-state index < -0.39 is 33.1 Å². The number of hydrogen-bond acceptors (Lipinski definition) is 10. The number of ether oxygens (including phenoxy) is 1. The Hall–Kier alpha value is -7.17. The number of nitrogens with two attached hydrogens (primary N) is 1. The number of aryl methyl sites for hydroxylation is 2. The molecule has 0 atom stereocenters. The minimum Gasteiger partial charge on any atom is -0.497 e. The van der Waals surface area contributed by atoms with E-state index in [1.165, 1.54) is 48.1 Å². The highest BCUT2D eigenvalue weighted by molar-refractivity contribution is 7.89. The van der Waals surface area contributed by atoms with Crippen molar-refractivity contribution in [2.75, 3.05) is 7.11 Å². The molecule has 57 heavy (non-hydrogen) atoms. The number of nitrogens with one attached hydrogen (secondary N) is 1. The van der Waals surface area contributed by atoms with Gasteiger partial charge in [0.1, 0.15) is 22.9 Å². The summed E-state index contributed by atoms with van der Waals surface area (Å²) in [4.78, 5) is 54.0. The van der Waals surface area contributed by atoms with Gasteiger partial charge in [0, 0.05) is 19.2 Å². The molecule has 0 unspecified atom stereocenters. The van der Waals surface area contributed by atoms with Gasteiger partial charge in [-0.05, 0) is 66.1 Å². The normalized spacial score (nSPS) is 11.1. The molecule has 4 N–H and O–H groups in total. The minimum atomic E-state index is -3.70. The van der Waals surface area contributed by atoms with Crippen molar-refractivity contribution < 1.29 is 32.4 Å². The third-order valence-electron chi connectivity index (χ3n) is 9.01. The molecule has 7 aromatic rings.